The van der Waals surface area contributed by atoms with Gasteiger partial charge in [-0.1, -0.05) is 12.1 Å². The molecule has 0 saturated carbocycles. The zero-order chi connectivity index (χ0) is 18.3. The van der Waals surface area contributed by atoms with Crippen molar-refractivity contribution in [3.63, 3.8) is 0 Å². The molecule has 3 rings (SSSR count). The average Bonchev–Trinajstić information content (AvgIpc) is 2.81. The summed E-state index contributed by atoms with van der Waals surface area (Å²) in [5.74, 6) is -5.35. The molecule has 0 spiro atoms. The molecule has 2 aromatic rings. The summed E-state index contributed by atoms with van der Waals surface area (Å²) in [5.41, 5.74) is -0.211. The van der Waals surface area contributed by atoms with Gasteiger partial charge in [0.15, 0.2) is 11.6 Å². The van der Waals surface area contributed by atoms with E-state index in [0.717, 1.165) is 0 Å². The number of benzene rings is 2. The maximum Gasteiger partial charge on any atom is 0.262 e. The molecule has 0 saturated heterocycles. The summed E-state index contributed by atoms with van der Waals surface area (Å²) >= 11 is 5.50. The van der Waals surface area contributed by atoms with Crippen LogP contribution in [0.25, 0.3) is 0 Å². The van der Waals surface area contributed by atoms with Gasteiger partial charge in [-0.3, -0.25) is 19.3 Å². The molecule has 0 aromatic heterocycles. The molecule has 0 N–H and O–H groups in total. The van der Waals surface area contributed by atoms with Crippen molar-refractivity contribution < 1.29 is 27.6 Å². The second kappa shape index (κ2) is 6.33. The van der Waals surface area contributed by atoms with E-state index in [0.29, 0.717) is 17.0 Å². The molecule has 0 fully saturated rings. The molecule has 128 valence electrons. The first kappa shape index (κ1) is 17.2. The van der Waals surface area contributed by atoms with Crippen LogP contribution in [0.4, 0.5) is 13.2 Å². The Labute approximate surface area is 144 Å². The molecule has 1 aliphatic heterocycles. The second-order valence-corrected chi connectivity index (χ2v) is 5.78. The van der Waals surface area contributed by atoms with Gasteiger partial charge in [-0.25, -0.2) is 13.2 Å². The zero-order valence-electron chi connectivity index (χ0n) is 12.4. The fraction of sp³-hybridized carbons (Fsp3) is 0.118. The predicted molar refractivity (Wildman–Crippen MR) is 81.6 cm³/mol. The summed E-state index contributed by atoms with van der Waals surface area (Å²) in [6.45, 7) is 0. The van der Waals surface area contributed by atoms with Gasteiger partial charge in [0.25, 0.3) is 11.8 Å². The number of hydrogen-bond acceptors (Lipinski definition) is 3. The Kier molecular flexibility index (Phi) is 4.34. The van der Waals surface area contributed by atoms with Gasteiger partial charge < -0.3 is 0 Å². The third kappa shape index (κ3) is 2.91. The summed E-state index contributed by atoms with van der Waals surface area (Å²) in [4.78, 5) is 37.2. The Bertz CT molecular complexity index is 881. The Morgan fingerprint density at radius 1 is 0.960 bits per heavy atom. The minimum Gasteiger partial charge on any atom is -0.279 e. The zero-order valence-corrected chi connectivity index (χ0v) is 13.2. The number of rotatable bonds is 4. The number of imide groups is 1. The maximum absolute atomic E-state index is 13.8. The first-order valence-corrected chi connectivity index (χ1v) is 7.48. The third-order valence-electron chi connectivity index (χ3n) is 3.90. The van der Waals surface area contributed by atoms with Gasteiger partial charge in [0, 0.05) is 12.5 Å². The van der Waals surface area contributed by atoms with E-state index in [1.54, 1.807) is 12.1 Å². The highest BCUT2D eigenvalue weighted by Gasteiger charge is 2.42. The van der Waals surface area contributed by atoms with Crippen molar-refractivity contribution in [2.45, 2.75) is 12.5 Å². The Balaban J connectivity index is 1.99. The van der Waals surface area contributed by atoms with Crippen molar-refractivity contribution >= 4 is 28.7 Å². The second-order valence-electron chi connectivity index (χ2n) is 5.41. The topological polar surface area (TPSA) is 54.5 Å². The van der Waals surface area contributed by atoms with E-state index in [1.165, 1.54) is 12.1 Å². The van der Waals surface area contributed by atoms with E-state index in [4.69, 9.17) is 11.6 Å². The highest BCUT2D eigenvalue weighted by molar-refractivity contribution is 6.65. The van der Waals surface area contributed by atoms with E-state index >= 15 is 0 Å². The Morgan fingerprint density at radius 2 is 1.48 bits per heavy atom. The van der Waals surface area contributed by atoms with Crippen LogP contribution >= 0.6 is 11.6 Å². The van der Waals surface area contributed by atoms with Crippen molar-refractivity contribution in [1.29, 1.82) is 0 Å². The van der Waals surface area contributed by atoms with Crippen LogP contribution in [0, 0.1) is 17.5 Å². The van der Waals surface area contributed by atoms with Gasteiger partial charge in [0.05, 0.1) is 11.1 Å². The monoisotopic (exact) mass is 367 g/mol. The molecule has 0 aliphatic carbocycles. The van der Waals surface area contributed by atoms with E-state index in [1.807, 2.05) is 0 Å². The standard InChI is InChI=1S/C17H9ClF3NO3/c18-15(23)14(6-8-5-12(20)13(21)7-11(8)19)22-16(24)9-3-1-2-4-10(9)17(22)25/h1-5,7,14H,6H2/t14-/m0/s1. The fourth-order valence-electron chi connectivity index (χ4n) is 2.69. The summed E-state index contributed by atoms with van der Waals surface area (Å²) in [6, 6.07) is 5.24. The molecular formula is C17H9ClF3NO3. The summed E-state index contributed by atoms with van der Waals surface area (Å²) in [6.07, 6.45) is -0.573. The molecule has 1 atom stereocenters. The number of carbonyl (C=O) groups excluding carboxylic acids is 3. The highest BCUT2D eigenvalue weighted by atomic mass is 35.5. The largest absolute Gasteiger partial charge is 0.279 e. The Hall–Kier alpha value is -2.67. The van der Waals surface area contributed by atoms with Gasteiger partial charge >= 0.3 is 0 Å². The lowest BCUT2D eigenvalue weighted by Crippen LogP contribution is -2.44. The average molecular weight is 368 g/mol. The highest BCUT2D eigenvalue weighted by Crippen LogP contribution is 2.27. The van der Waals surface area contributed by atoms with E-state index in [-0.39, 0.29) is 16.7 Å². The molecule has 8 heteroatoms. The number of carbonyl (C=O) groups is 3. The number of nitrogens with zero attached hydrogens (tertiary/aromatic N) is 1. The molecule has 2 amide bonds. The van der Waals surface area contributed by atoms with Gasteiger partial charge in [-0.15, -0.1) is 0 Å². The molecule has 0 bridgehead atoms. The van der Waals surface area contributed by atoms with Gasteiger partial charge in [-0.05, 0) is 35.4 Å². The smallest absolute Gasteiger partial charge is 0.262 e. The Morgan fingerprint density at radius 3 is 2.00 bits per heavy atom. The van der Waals surface area contributed by atoms with Crippen molar-refractivity contribution in [2.75, 3.05) is 0 Å². The minimum atomic E-state index is -1.55. The van der Waals surface area contributed by atoms with Crippen molar-refractivity contribution in [3.8, 4) is 0 Å². The van der Waals surface area contributed by atoms with Crippen LogP contribution in [-0.4, -0.2) is 28.0 Å². The summed E-state index contributed by atoms with van der Waals surface area (Å²) < 4.78 is 40.2. The van der Waals surface area contributed by atoms with Gasteiger partial charge in [0.2, 0.25) is 5.24 Å². The molecule has 2 aromatic carbocycles. The number of fused-ring (bicyclic) bond motifs is 1. The molecule has 0 radical (unpaired) electrons. The lowest BCUT2D eigenvalue weighted by atomic mass is 10.0. The normalized spacial score (nSPS) is 14.6. The SMILES string of the molecule is O=C(Cl)[C@H](Cc1cc(F)c(F)cc1F)N1C(=O)c2ccccc2C1=O. The fourth-order valence-corrected chi connectivity index (χ4v) is 2.87. The van der Waals surface area contributed by atoms with Crippen LogP contribution in [0.15, 0.2) is 36.4 Å². The molecular weight excluding hydrogens is 359 g/mol. The first-order valence-electron chi connectivity index (χ1n) is 7.11. The predicted octanol–water partition coefficient (Wildman–Crippen LogP) is 3.08. The number of amides is 2. The third-order valence-corrected chi connectivity index (χ3v) is 4.15. The molecule has 1 aliphatic rings. The van der Waals surface area contributed by atoms with Crippen LogP contribution < -0.4 is 0 Å². The lowest BCUT2D eigenvalue weighted by molar-refractivity contribution is -0.115. The molecule has 0 unspecified atom stereocenters. The lowest BCUT2D eigenvalue weighted by Gasteiger charge is -2.23. The van der Waals surface area contributed by atoms with Crippen molar-refractivity contribution in [1.82, 2.24) is 4.90 Å². The van der Waals surface area contributed by atoms with Crippen LogP contribution in [0.1, 0.15) is 26.3 Å². The number of hydrogen-bond donors (Lipinski definition) is 0. The van der Waals surface area contributed by atoms with E-state index in [9.17, 15) is 27.6 Å². The molecule has 1 heterocycles. The van der Waals surface area contributed by atoms with Crippen molar-refractivity contribution in [3.05, 3.63) is 70.5 Å². The molecule has 25 heavy (non-hydrogen) atoms. The van der Waals surface area contributed by atoms with E-state index in [2.05, 4.69) is 0 Å². The first-order chi connectivity index (χ1) is 11.8. The molecule has 4 nitrogen and oxygen atoms in total. The van der Waals surface area contributed by atoms with Crippen LogP contribution in [0.2, 0.25) is 0 Å². The van der Waals surface area contributed by atoms with Gasteiger partial charge in [0.1, 0.15) is 11.9 Å². The van der Waals surface area contributed by atoms with Gasteiger partial charge in [-0.2, -0.15) is 0 Å². The van der Waals surface area contributed by atoms with Crippen LogP contribution in [0.3, 0.4) is 0 Å². The minimum absolute atomic E-state index is 0.0844. The van der Waals surface area contributed by atoms with Crippen LogP contribution in [0.5, 0.6) is 0 Å². The summed E-state index contributed by atoms with van der Waals surface area (Å²) in [7, 11) is 0. The van der Waals surface area contributed by atoms with Crippen molar-refractivity contribution in [2.24, 2.45) is 0 Å². The number of halogens is 4. The van der Waals surface area contributed by atoms with Crippen LogP contribution in [-0.2, 0) is 11.2 Å². The summed E-state index contributed by atoms with van der Waals surface area (Å²) in [5, 5.41) is -1.10. The quantitative estimate of drug-likeness (QED) is 0.474. The maximum atomic E-state index is 13.8. The van der Waals surface area contributed by atoms with E-state index < -0.39 is 47.0 Å².